The molecule has 0 unspecified atom stereocenters. The maximum Gasteiger partial charge on any atom is 0.158 e. The molecule has 4 heteroatoms. The van der Waals surface area contributed by atoms with Gasteiger partial charge in [-0.2, -0.15) is 5.10 Å². The van der Waals surface area contributed by atoms with Gasteiger partial charge in [-0.3, -0.25) is 5.10 Å². The van der Waals surface area contributed by atoms with Crippen LogP contribution in [0.15, 0.2) is 34.9 Å². The van der Waals surface area contributed by atoms with E-state index in [1.54, 1.807) is 6.20 Å². The summed E-state index contributed by atoms with van der Waals surface area (Å²) in [4.78, 5) is 0. The van der Waals surface area contributed by atoms with Crippen molar-refractivity contribution in [3.8, 4) is 11.1 Å². The second kappa shape index (κ2) is 3.52. The summed E-state index contributed by atoms with van der Waals surface area (Å²) in [5.74, 6) is 0. The molecule has 66 valence electrons. The molecule has 0 atom stereocenters. The fourth-order valence-corrected chi connectivity index (χ4v) is 1.58. The molecule has 13 heavy (non-hydrogen) atoms. The van der Waals surface area contributed by atoms with Crippen molar-refractivity contribution in [2.75, 3.05) is 0 Å². The molecule has 1 aromatic heterocycles. The van der Waals surface area contributed by atoms with E-state index >= 15 is 0 Å². The van der Waals surface area contributed by atoms with Gasteiger partial charge in [0.25, 0.3) is 0 Å². The van der Waals surface area contributed by atoms with Crippen molar-refractivity contribution in [1.82, 2.24) is 10.2 Å². The number of hydrogen-bond acceptors (Lipinski definition) is 1. The van der Waals surface area contributed by atoms with Crippen molar-refractivity contribution in [1.29, 1.82) is 0 Å². The summed E-state index contributed by atoms with van der Waals surface area (Å²) in [6.45, 7) is 0. The van der Waals surface area contributed by atoms with Crippen molar-refractivity contribution in [2.24, 2.45) is 0 Å². The SMILES string of the molecule is Clc1n[nH]cc1-c1ccc(Br)cc1. The predicted molar refractivity (Wildman–Crippen MR) is 56.7 cm³/mol. The first-order chi connectivity index (χ1) is 6.27. The Kier molecular flexibility index (Phi) is 2.38. The molecule has 2 nitrogen and oxygen atoms in total. The second-order valence-corrected chi connectivity index (χ2v) is 3.87. The molecule has 0 amide bonds. The monoisotopic (exact) mass is 256 g/mol. The molecular weight excluding hydrogens is 251 g/mol. The molecule has 2 rings (SSSR count). The number of nitrogens with one attached hydrogen (secondary N) is 1. The highest BCUT2D eigenvalue weighted by Gasteiger charge is 2.04. The third-order valence-corrected chi connectivity index (χ3v) is 2.57. The van der Waals surface area contributed by atoms with E-state index < -0.39 is 0 Å². The molecule has 0 bridgehead atoms. The largest absolute Gasteiger partial charge is 0.284 e. The number of nitrogens with zero attached hydrogens (tertiary/aromatic N) is 1. The minimum atomic E-state index is 0.502. The lowest BCUT2D eigenvalue weighted by Crippen LogP contribution is -1.74. The summed E-state index contributed by atoms with van der Waals surface area (Å²) >= 11 is 9.23. The zero-order valence-electron chi connectivity index (χ0n) is 6.59. The summed E-state index contributed by atoms with van der Waals surface area (Å²) in [6, 6.07) is 7.92. The molecular formula is C9H6BrClN2. The molecule has 0 fully saturated rings. The Morgan fingerprint density at radius 1 is 1.23 bits per heavy atom. The Balaban J connectivity index is 2.47. The number of halogens is 2. The van der Waals surface area contributed by atoms with E-state index in [1.165, 1.54) is 0 Å². The zero-order valence-corrected chi connectivity index (χ0v) is 8.93. The Hall–Kier alpha value is -0.800. The molecule has 1 N–H and O–H groups in total. The number of rotatable bonds is 1. The van der Waals surface area contributed by atoms with Gasteiger partial charge < -0.3 is 0 Å². The van der Waals surface area contributed by atoms with Crippen molar-refractivity contribution < 1.29 is 0 Å². The summed E-state index contributed by atoms with van der Waals surface area (Å²) in [5.41, 5.74) is 1.98. The van der Waals surface area contributed by atoms with Crippen LogP contribution in [0.3, 0.4) is 0 Å². The molecule has 1 aromatic carbocycles. The van der Waals surface area contributed by atoms with E-state index in [0.29, 0.717) is 5.15 Å². The topological polar surface area (TPSA) is 28.7 Å². The zero-order chi connectivity index (χ0) is 9.26. The highest BCUT2D eigenvalue weighted by molar-refractivity contribution is 9.10. The lowest BCUT2D eigenvalue weighted by Gasteiger charge is -1.97. The number of H-pyrrole nitrogens is 1. The second-order valence-electron chi connectivity index (χ2n) is 2.60. The third-order valence-electron chi connectivity index (χ3n) is 1.75. The maximum absolute atomic E-state index is 5.86. The summed E-state index contributed by atoms with van der Waals surface area (Å²) in [6.07, 6.45) is 1.78. The fourth-order valence-electron chi connectivity index (χ4n) is 1.11. The number of hydrogen-bond donors (Lipinski definition) is 1. The Bertz CT molecular complexity index is 408. The average molecular weight is 258 g/mol. The van der Waals surface area contributed by atoms with Gasteiger partial charge in [-0.1, -0.05) is 39.7 Å². The molecule has 0 saturated heterocycles. The normalized spacial score (nSPS) is 10.3. The van der Waals surface area contributed by atoms with Gasteiger partial charge in [0, 0.05) is 16.2 Å². The summed E-state index contributed by atoms with van der Waals surface area (Å²) in [5, 5.41) is 7.06. The van der Waals surface area contributed by atoms with Gasteiger partial charge in [0.1, 0.15) is 0 Å². The molecule has 0 spiro atoms. The van der Waals surface area contributed by atoms with E-state index in [1.807, 2.05) is 24.3 Å². The van der Waals surface area contributed by atoms with E-state index in [2.05, 4.69) is 26.1 Å². The molecule has 1 heterocycles. The molecule has 0 aliphatic carbocycles. The molecule has 0 aliphatic rings. The fraction of sp³-hybridized carbons (Fsp3) is 0. The van der Waals surface area contributed by atoms with E-state index in [4.69, 9.17) is 11.6 Å². The standard InChI is InChI=1S/C9H6BrClN2/c10-7-3-1-6(2-4-7)8-5-12-13-9(8)11/h1-5H,(H,12,13). The van der Waals surface area contributed by atoms with Gasteiger partial charge in [0.2, 0.25) is 0 Å². The summed E-state index contributed by atoms with van der Waals surface area (Å²) in [7, 11) is 0. The number of benzene rings is 1. The number of aromatic amines is 1. The summed E-state index contributed by atoms with van der Waals surface area (Å²) < 4.78 is 1.05. The number of aromatic nitrogens is 2. The van der Waals surface area contributed by atoms with Crippen molar-refractivity contribution in [2.45, 2.75) is 0 Å². The average Bonchev–Trinajstić information content (AvgIpc) is 2.53. The van der Waals surface area contributed by atoms with Crippen molar-refractivity contribution in [3.05, 3.63) is 40.1 Å². The molecule has 2 aromatic rings. The van der Waals surface area contributed by atoms with Crippen LogP contribution in [-0.4, -0.2) is 10.2 Å². The van der Waals surface area contributed by atoms with Crippen LogP contribution in [0.4, 0.5) is 0 Å². The lowest BCUT2D eigenvalue weighted by molar-refractivity contribution is 1.09. The van der Waals surface area contributed by atoms with Gasteiger partial charge in [-0.05, 0) is 17.7 Å². The van der Waals surface area contributed by atoms with Crippen LogP contribution in [0, 0.1) is 0 Å². The van der Waals surface area contributed by atoms with Gasteiger partial charge in [0.05, 0.1) is 0 Å². The van der Waals surface area contributed by atoms with E-state index in [0.717, 1.165) is 15.6 Å². The first-order valence-corrected chi connectivity index (χ1v) is 4.89. The Morgan fingerprint density at radius 2 is 1.92 bits per heavy atom. The smallest absolute Gasteiger partial charge is 0.158 e. The minimum Gasteiger partial charge on any atom is -0.284 e. The lowest BCUT2D eigenvalue weighted by atomic mass is 10.1. The van der Waals surface area contributed by atoms with Gasteiger partial charge in [0.15, 0.2) is 5.15 Å². The highest BCUT2D eigenvalue weighted by atomic mass is 79.9. The quantitative estimate of drug-likeness (QED) is 0.832. The van der Waals surface area contributed by atoms with Gasteiger partial charge in [-0.25, -0.2) is 0 Å². The van der Waals surface area contributed by atoms with Crippen LogP contribution < -0.4 is 0 Å². The highest BCUT2D eigenvalue weighted by Crippen LogP contribution is 2.26. The van der Waals surface area contributed by atoms with Gasteiger partial charge >= 0.3 is 0 Å². The molecule has 0 saturated carbocycles. The third kappa shape index (κ3) is 1.76. The minimum absolute atomic E-state index is 0.502. The molecule has 0 aliphatic heterocycles. The molecule has 0 radical (unpaired) electrons. The van der Waals surface area contributed by atoms with Crippen LogP contribution in [0.1, 0.15) is 0 Å². The van der Waals surface area contributed by atoms with Crippen LogP contribution in [0.25, 0.3) is 11.1 Å². The van der Waals surface area contributed by atoms with Crippen LogP contribution in [0.2, 0.25) is 5.15 Å². The van der Waals surface area contributed by atoms with Crippen LogP contribution in [0.5, 0.6) is 0 Å². The van der Waals surface area contributed by atoms with Crippen LogP contribution in [-0.2, 0) is 0 Å². The van der Waals surface area contributed by atoms with E-state index in [9.17, 15) is 0 Å². The first-order valence-electron chi connectivity index (χ1n) is 3.72. The van der Waals surface area contributed by atoms with Crippen molar-refractivity contribution in [3.63, 3.8) is 0 Å². The van der Waals surface area contributed by atoms with E-state index in [-0.39, 0.29) is 0 Å². The van der Waals surface area contributed by atoms with Gasteiger partial charge in [-0.15, -0.1) is 0 Å². The van der Waals surface area contributed by atoms with Crippen LogP contribution >= 0.6 is 27.5 Å². The van der Waals surface area contributed by atoms with Crippen molar-refractivity contribution >= 4 is 27.5 Å². The first kappa shape index (κ1) is 8.78. The Morgan fingerprint density at radius 3 is 2.46 bits per heavy atom. The predicted octanol–water partition coefficient (Wildman–Crippen LogP) is 3.49. The Labute approximate surface area is 89.1 Å². The maximum atomic E-state index is 5.86.